The van der Waals surface area contributed by atoms with E-state index in [1.54, 1.807) is 25.6 Å². The number of ether oxygens (including phenoxy) is 3. The summed E-state index contributed by atoms with van der Waals surface area (Å²) in [4.78, 5) is 31.6. The molecule has 0 saturated carbocycles. The van der Waals surface area contributed by atoms with E-state index >= 15 is 0 Å². The average molecular weight is 507 g/mol. The zero-order valence-electron chi connectivity index (χ0n) is 21.7. The van der Waals surface area contributed by atoms with Gasteiger partial charge in [-0.15, -0.1) is 0 Å². The Kier molecular flexibility index (Phi) is 16.6. The van der Waals surface area contributed by atoms with Crippen molar-refractivity contribution in [2.45, 2.75) is 90.1 Å². The van der Waals surface area contributed by atoms with Gasteiger partial charge in [0.2, 0.25) is 5.88 Å². The van der Waals surface area contributed by atoms with E-state index in [1.807, 2.05) is 13.1 Å². The van der Waals surface area contributed by atoms with Crippen LogP contribution in [0.25, 0.3) is 0 Å². The van der Waals surface area contributed by atoms with E-state index in [-0.39, 0.29) is 11.9 Å². The van der Waals surface area contributed by atoms with E-state index in [2.05, 4.69) is 23.1 Å². The summed E-state index contributed by atoms with van der Waals surface area (Å²) >= 11 is 1.64. The number of rotatable bonds is 20. The third-order valence-corrected chi connectivity index (χ3v) is 6.06. The number of hydrogen-bond acceptors (Lipinski definition) is 8. The molecule has 0 bridgehead atoms. The molecule has 0 unspecified atom stereocenters. The summed E-state index contributed by atoms with van der Waals surface area (Å²) in [7, 11) is 0. The van der Waals surface area contributed by atoms with Gasteiger partial charge in [0.15, 0.2) is 5.16 Å². The molecule has 1 aromatic heterocycles. The van der Waals surface area contributed by atoms with Crippen LogP contribution in [-0.4, -0.2) is 47.5 Å². The second-order valence-electron chi connectivity index (χ2n) is 8.71. The molecule has 0 N–H and O–H groups in total. The minimum atomic E-state index is -0.314. The number of unbranched alkanes of at least 4 members (excludes halogenated alkanes) is 8. The topological polar surface area (TPSA) is 87.6 Å². The lowest BCUT2D eigenvalue weighted by atomic mass is 10.1. The average Bonchev–Trinajstić information content (AvgIpc) is 2.82. The van der Waals surface area contributed by atoms with Gasteiger partial charge in [-0.05, 0) is 46.5 Å². The number of esters is 2. The summed E-state index contributed by atoms with van der Waals surface area (Å²) in [5, 5.41) is 0.744. The second-order valence-corrected chi connectivity index (χ2v) is 9.77. The van der Waals surface area contributed by atoms with Crippen molar-refractivity contribution >= 4 is 23.7 Å². The van der Waals surface area contributed by atoms with Crippen molar-refractivity contribution in [1.29, 1.82) is 0 Å². The fraction of sp³-hybridized carbons (Fsp3) is 0.630. The Hall–Kier alpha value is -2.35. The highest BCUT2D eigenvalue weighted by atomic mass is 32.2. The standard InChI is InChI=1S/C27H42N2O5S/c1-21(2)25(30)33-17-13-9-7-6-8-12-16-32-24-23(5)20-28-27(29-24)35-19-15-11-10-14-18-34-26(31)22(3)4/h20H,1,3,6-19H2,2,4-5H3. The van der Waals surface area contributed by atoms with Gasteiger partial charge in [-0.25, -0.2) is 14.6 Å². The predicted octanol–water partition coefficient (Wildman–Crippen LogP) is 6.40. The van der Waals surface area contributed by atoms with Gasteiger partial charge < -0.3 is 14.2 Å². The third-order valence-electron chi connectivity index (χ3n) is 5.11. The van der Waals surface area contributed by atoms with Crippen LogP contribution in [0.4, 0.5) is 0 Å². The van der Waals surface area contributed by atoms with E-state index in [9.17, 15) is 9.59 Å². The van der Waals surface area contributed by atoms with Crippen LogP contribution < -0.4 is 4.74 Å². The second kappa shape index (κ2) is 18.9. The molecule has 8 heteroatoms. The van der Waals surface area contributed by atoms with Gasteiger partial charge in [-0.3, -0.25) is 0 Å². The fourth-order valence-electron chi connectivity index (χ4n) is 3.00. The molecule has 35 heavy (non-hydrogen) atoms. The summed E-state index contributed by atoms with van der Waals surface area (Å²) in [6.45, 7) is 14.0. The Morgan fingerprint density at radius 2 is 1.29 bits per heavy atom. The number of nitrogens with zero attached hydrogens (tertiary/aromatic N) is 2. The molecule has 0 aliphatic heterocycles. The van der Waals surface area contributed by atoms with Gasteiger partial charge in [-0.1, -0.05) is 63.4 Å². The molecule has 0 fully saturated rings. The van der Waals surface area contributed by atoms with Crippen molar-refractivity contribution in [2.75, 3.05) is 25.6 Å². The van der Waals surface area contributed by atoms with E-state index in [4.69, 9.17) is 14.2 Å². The molecule has 0 aliphatic rings. The maximum Gasteiger partial charge on any atom is 0.333 e. The highest BCUT2D eigenvalue weighted by Gasteiger charge is 2.07. The highest BCUT2D eigenvalue weighted by Crippen LogP contribution is 2.21. The number of carbonyl (C=O) groups is 2. The third kappa shape index (κ3) is 15.3. The summed E-state index contributed by atoms with van der Waals surface area (Å²) in [5.74, 6) is 0.993. The minimum Gasteiger partial charge on any atom is -0.477 e. The van der Waals surface area contributed by atoms with Crippen LogP contribution in [0.3, 0.4) is 0 Å². The Balaban J connectivity index is 2.09. The molecule has 1 aromatic rings. The summed E-state index contributed by atoms with van der Waals surface area (Å²) in [5.41, 5.74) is 1.83. The monoisotopic (exact) mass is 506 g/mol. The van der Waals surface area contributed by atoms with Gasteiger partial charge in [0.25, 0.3) is 0 Å². The number of aryl methyl sites for hydroxylation is 1. The molecule has 0 aromatic carbocycles. The lowest BCUT2D eigenvalue weighted by Gasteiger charge is -2.09. The van der Waals surface area contributed by atoms with Crippen LogP contribution in [0, 0.1) is 6.92 Å². The Morgan fingerprint density at radius 3 is 1.83 bits per heavy atom. The molecule has 0 aliphatic carbocycles. The Labute approximate surface area is 215 Å². The summed E-state index contributed by atoms with van der Waals surface area (Å²) < 4.78 is 16.1. The van der Waals surface area contributed by atoms with Crippen LogP contribution in [0.15, 0.2) is 35.7 Å². The smallest absolute Gasteiger partial charge is 0.333 e. The number of carbonyl (C=O) groups excluding carboxylic acids is 2. The fourth-order valence-corrected chi connectivity index (χ4v) is 3.81. The molecule has 196 valence electrons. The lowest BCUT2D eigenvalue weighted by Crippen LogP contribution is -2.06. The number of aromatic nitrogens is 2. The van der Waals surface area contributed by atoms with Gasteiger partial charge in [0.1, 0.15) is 0 Å². The number of thioether (sulfide) groups is 1. The first-order valence-corrected chi connectivity index (χ1v) is 13.5. The van der Waals surface area contributed by atoms with Crippen LogP contribution in [0.5, 0.6) is 5.88 Å². The molecule has 7 nitrogen and oxygen atoms in total. The molecular weight excluding hydrogens is 464 g/mol. The van der Waals surface area contributed by atoms with Crippen molar-refractivity contribution < 1.29 is 23.8 Å². The quantitative estimate of drug-likeness (QED) is 0.0660. The molecule has 1 heterocycles. The van der Waals surface area contributed by atoms with E-state index < -0.39 is 0 Å². The maximum absolute atomic E-state index is 11.3. The van der Waals surface area contributed by atoms with Crippen LogP contribution in [0.2, 0.25) is 0 Å². The van der Waals surface area contributed by atoms with Crippen LogP contribution in [-0.2, 0) is 19.1 Å². The van der Waals surface area contributed by atoms with Crippen molar-refractivity contribution in [1.82, 2.24) is 9.97 Å². The van der Waals surface area contributed by atoms with Gasteiger partial charge in [0.05, 0.1) is 19.8 Å². The molecule has 0 atom stereocenters. The maximum atomic E-state index is 11.3. The molecule has 1 rings (SSSR count). The van der Waals surface area contributed by atoms with Crippen LogP contribution >= 0.6 is 11.8 Å². The summed E-state index contributed by atoms with van der Waals surface area (Å²) in [6, 6.07) is 0. The van der Waals surface area contributed by atoms with Crippen molar-refractivity contribution in [2.24, 2.45) is 0 Å². The first kappa shape index (κ1) is 30.7. The molecule has 0 saturated heterocycles. The van der Waals surface area contributed by atoms with Crippen molar-refractivity contribution in [3.8, 4) is 5.88 Å². The van der Waals surface area contributed by atoms with E-state index in [0.29, 0.717) is 36.8 Å². The van der Waals surface area contributed by atoms with Gasteiger partial charge in [0, 0.05) is 28.7 Å². The molecule has 0 radical (unpaired) electrons. The molecule has 0 amide bonds. The van der Waals surface area contributed by atoms with Crippen molar-refractivity contribution in [3.05, 3.63) is 36.1 Å². The minimum absolute atomic E-state index is 0.306. The lowest BCUT2D eigenvalue weighted by molar-refractivity contribution is -0.139. The number of hydrogen-bond donors (Lipinski definition) is 0. The Bertz CT molecular complexity index is 813. The van der Waals surface area contributed by atoms with E-state index in [1.165, 1.54) is 0 Å². The zero-order chi connectivity index (χ0) is 25.9. The van der Waals surface area contributed by atoms with Crippen molar-refractivity contribution in [3.63, 3.8) is 0 Å². The Morgan fingerprint density at radius 1 is 0.800 bits per heavy atom. The zero-order valence-corrected chi connectivity index (χ0v) is 22.6. The summed E-state index contributed by atoms with van der Waals surface area (Å²) in [6.07, 6.45) is 12.1. The SMILES string of the molecule is C=C(C)C(=O)OCCCCCCCCOc1nc(SCCCCCCOC(=O)C(=C)C)ncc1C. The predicted molar refractivity (Wildman–Crippen MR) is 141 cm³/mol. The van der Waals surface area contributed by atoms with Gasteiger partial charge >= 0.3 is 11.9 Å². The van der Waals surface area contributed by atoms with Gasteiger partial charge in [-0.2, -0.15) is 4.98 Å². The first-order valence-electron chi connectivity index (χ1n) is 12.6. The largest absolute Gasteiger partial charge is 0.477 e. The molecular formula is C27H42N2O5S. The highest BCUT2D eigenvalue weighted by molar-refractivity contribution is 7.99. The van der Waals surface area contributed by atoms with E-state index in [0.717, 1.165) is 80.7 Å². The normalized spacial score (nSPS) is 10.6. The first-order chi connectivity index (χ1) is 16.8. The molecule has 0 spiro atoms. The van der Waals surface area contributed by atoms with Crippen LogP contribution in [0.1, 0.15) is 83.6 Å².